The van der Waals surface area contributed by atoms with E-state index in [9.17, 15) is 0 Å². The van der Waals surface area contributed by atoms with Crippen LogP contribution in [0.3, 0.4) is 0 Å². The minimum absolute atomic E-state index is 0.175. The van der Waals surface area contributed by atoms with Crippen molar-refractivity contribution in [1.82, 2.24) is 10.3 Å². The largest absolute Gasteiger partial charge is 0.371 e. The summed E-state index contributed by atoms with van der Waals surface area (Å²) in [6, 6.07) is 8.54. The van der Waals surface area contributed by atoms with Gasteiger partial charge in [0, 0.05) is 24.7 Å². The molecule has 3 rings (SSSR count). The number of pyridine rings is 1. The number of hydrogen-bond donors (Lipinski definition) is 1. The van der Waals surface area contributed by atoms with Crippen molar-refractivity contribution in [3.8, 4) is 0 Å². The van der Waals surface area contributed by atoms with E-state index in [0.717, 1.165) is 25.2 Å². The Hall–Kier alpha value is -1.45. The number of fused-ring (bicyclic) bond motifs is 1. The first-order chi connectivity index (χ1) is 8.33. The summed E-state index contributed by atoms with van der Waals surface area (Å²) < 4.78 is 5.76. The van der Waals surface area contributed by atoms with Gasteiger partial charge in [0.25, 0.3) is 0 Å². The van der Waals surface area contributed by atoms with Crippen molar-refractivity contribution < 1.29 is 4.74 Å². The Morgan fingerprint density at radius 2 is 2.29 bits per heavy atom. The van der Waals surface area contributed by atoms with Crippen LogP contribution in [0.5, 0.6) is 0 Å². The number of aromatic nitrogens is 1. The SMILES string of the molecule is Cc1cnc2ccc(C3CNCCO3)cc2c1. The third-order valence-electron chi connectivity index (χ3n) is 3.14. The zero-order chi connectivity index (χ0) is 11.7. The molecule has 0 aliphatic carbocycles. The minimum Gasteiger partial charge on any atom is -0.371 e. The maximum Gasteiger partial charge on any atom is 0.0950 e. The second-order valence-corrected chi connectivity index (χ2v) is 4.53. The average molecular weight is 228 g/mol. The van der Waals surface area contributed by atoms with E-state index in [2.05, 4.69) is 41.5 Å². The lowest BCUT2D eigenvalue weighted by Crippen LogP contribution is -2.33. The number of nitrogens with one attached hydrogen (secondary N) is 1. The van der Waals surface area contributed by atoms with Crippen molar-refractivity contribution >= 4 is 10.9 Å². The number of aryl methyl sites for hydroxylation is 1. The summed E-state index contributed by atoms with van der Waals surface area (Å²) in [6.07, 6.45) is 2.08. The second-order valence-electron chi connectivity index (χ2n) is 4.53. The Bertz CT molecular complexity index is 533. The van der Waals surface area contributed by atoms with Gasteiger partial charge in [0.15, 0.2) is 0 Å². The molecule has 0 spiro atoms. The average Bonchev–Trinajstić information content (AvgIpc) is 2.39. The normalized spacial score (nSPS) is 20.6. The highest BCUT2D eigenvalue weighted by Gasteiger charge is 2.15. The molecule has 0 bridgehead atoms. The molecule has 1 saturated heterocycles. The first-order valence-corrected chi connectivity index (χ1v) is 6.01. The molecular formula is C14H16N2O. The minimum atomic E-state index is 0.175. The van der Waals surface area contributed by atoms with Gasteiger partial charge in [-0.1, -0.05) is 6.07 Å². The highest BCUT2D eigenvalue weighted by atomic mass is 16.5. The van der Waals surface area contributed by atoms with E-state index in [4.69, 9.17) is 4.74 Å². The lowest BCUT2D eigenvalue weighted by atomic mass is 10.0. The van der Waals surface area contributed by atoms with Crippen molar-refractivity contribution in [3.63, 3.8) is 0 Å². The summed E-state index contributed by atoms with van der Waals surface area (Å²) in [5.41, 5.74) is 3.47. The van der Waals surface area contributed by atoms with E-state index in [0.29, 0.717) is 0 Å². The lowest BCUT2D eigenvalue weighted by Gasteiger charge is -2.24. The molecule has 1 atom stereocenters. The lowest BCUT2D eigenvalue weighted by molar-refractivity contribution is 0.0278. The number of ether oxygens (including phenoxy) is 1. The molecule has 1 aromatic carbocycles. The Labute approximate surface area is 101 Å². The van der Waals surface area contributed by atoms with Gasteiger partial charge >= 0.3 is 0 Å². The standard InChI is InChI=1S/C14H16N2O/c1-10-6-12-7-11(2-3-13(12)16-8-10)14-9-15-4-5-17-14/h2-3,6-8,14-15H,4-5,9H2,1H3. The van der Waals surface area contributed by atoms with Crippen molar-refractivity contribution in [2.24, 2.45) is 0 Å². The van der Waals surface area contributed by atoms with Gasteiger partial charge in [0.05, 0.1) is 18.2 Å². The van der Waals surface area contributed by atoms with Crippen LogP contribution in [0.4, 0.5) is 0 Å². The molecule has 2 aromatic rings. The Morgan fingerprint density at radius 1 is 1.35 bits per heavy atom. The summed E-state index contributed by atoms with van der Waals surface area (Å²) in [4.78, 5) is 4.41. The van der Waals surface area contributed by atoms with E-state index in [1.54, 1.807) is 0 Å². The number of hydrogen-bond acceptors (Lipinski definition) is 3. The predicted octanol–water partition coefficient (Wildman–Crippen LogP) is 2.20. The van der Waals surface area contributed by atoms with Gasteiger partial charge in [-0.05, 0) is 36.2 Å². The summed E-state index contributed by atoms with van der Waals surface area (Å²) >= 11 is 0. The first kappa shape index (κ1) is 10.7. The van der Waals surface area contributed by atoms with Crippen LogP contribution >= 0.6 is 0 Å². The van der Waals surface area contributed by atoms with E-state index >= 15 is 0 Å². The predicted molar refractivity (Wildman–Crippen MR) is 68.0 cm³/mol. The molecule has 0 saturated carbocycles. The summed E-state index contributed by atoms with van der Waals surface area (Å²) in [6.45, 7) is 4.70. The van der Waals surface area contributed by atoms with Gasteiger partial charge in [-0.2, -0.15) is 0 Å². The molecule has 3 heteroatoms. The molecule has 1 aromatic heterocycles. The third kappa shape index (κ3) is 2.16. The van der Waals surface area contributed by atoms with Crippen molar-refractivity contribution in [3.05, 3.63) is 41.6 Å². The van der Waals surface area contributed by atoms with Gasteiger partial charge in [0.2, 0.25) is 0 Å². The number of benzene rings is 1. The van der Waals surface area contributed by atoms with Crippen molar-refractivity contribution in [1.29, 1.82) is 0 Å². The van der Waals surface area contributed by atoms with Crippen LogP contribution in [0, 0.1) is 6.92 Å². The molecule has 1 aliphatic heterocycles. The fourth-order valence-electron chi connectivity index (χ4n) is 2.24. The smallest absolute Gasteiger partial charge is 0.0950 e. The van der Waals surface area contributed by atoms with Crippen LogP contribution in [0.25, 0.3) is 10.9 Å². The van der Waals surface area contributed by atoms with Gasteiger partial charge in [-0.25, -0.2) is 0 Å². The Kier molecular flexibility index (Phi) is 2.79. The molecule has 1 aliphatic rings. The molecule has 2 heterocycles. The topological polar surface area (TPSA) is 34.2 Å². The van der Waals surface area contributed by atoms with Gasteiger partial charge in [0.1, 0.15) is 0 Å². The van der Waals surface area contributed by atoms with Crippen LogP contribution in [0.15, 0.2) is 30.5 Å². The molecule has 3 nitrogen and oxygen atoms in total. The zero-order valence-corrected chi connectivity index (χ0v) is 9.94. The number of rotatable bonds is 1. The van der Waals surface area contributed by atoms with Crippen LogP contribution in [0.2, 0.25) is 0 Å². The molecule has 0 radical (unpaired) electrons. The third-order valence-corrected chi connectivity index (χ3v) is 3.14. The highest BCUT2D eigenvalue weighted by molar-refractivity contribution is 5.79. The van der Waals surface area contributed by atoms with Crippen molar-refractivity contribution in [2.45, 2.75) is 13.0 Å². The molecule has 88 valence electrons. The van der Waals surface area contributed by atoms with E-state index in [1.807, 2.05) is 6.20 Å². The van der Waals surface area contributed by atoms with Crippen LogP contribution in [-0.4, -0.2) is 24.7 Å². The highest BCUT2D eigenvalue weighted by Crippen LogP contribution is 2.23. The maximum atomic E-state index is 5.76. The second kappa shape index (κ2) is 4.43. The van der Waals surface area contributed by atoms with Gasteiger partial charge < -0.3 is 10.1 Å². The zero-order valence-electron chi connectivity index (χ0n) is 9.94. The van der Waals surface area contributed by atoms with Gasteiger partial charge in [-0.15, -0.1) is 0 Å². The van der Waals surface area contributed by atoms with Crippen LogP contribution in [0.1, 0.15) is 17.2 Å². The number of morpholine rings is 1. The van der Waals surface area contributed by atoms with E-state index < -0.39 is 0 Å². The molecule has 0 amide bonds. The molecule has 1 N–H and O–H groups in total. The van der Waals surface area contributed by atoms with Crippen LogP contribution < -0.4 is 5.32 Å². The maximum absolute atomic E-state index is 5.76. The molecule has 17 heavy (non-hydrogen) atoms. The Morgan fingerprint density at radius 3 is 3.12 bits per heavy atom. The fourth-order valence-corrected chi connectivity index (χ4v) is 2.24. The summed E-state index contributed by atoms with van der Waals surface area (Å²) in [5, 5.41) is 4.54. The van der Waals surface area contributed by atoms with Gasteiger partial charge in [-0.3, -0.25) is 4.98 Å². The fraction of sp³-hybridized carbons (Fsp3) is 0.357. The number of nitrogens with zero attached hydrogens (tertiary/aromatic N) is 1. The molecule has 1 unspecified atom stereocenters. The summed E-state index contributed by atoms with van der Waals surface area (Å²) in [5.74, 6) is 0. The first-order valence-electron chi connectivity index (χ1n) is 6.01. The summed E-state index contributed by atoms with van der Waals surface area (Å²) in [7, 11) is 0. The van der Waals surface area contributed by atoms with Crippen LogP contribution in [-0.2, 0) is 4.74 Å². The van der Waals surface area contributed by atoms with E-state index in [1.165, 1.54) is 16.5 Å². The van der Waals surface area contributed by atoms with Crippen molar-refractivity contribution in [2.75, 3.05) is 19.7 Å². The molecular weight excluding hydrogens is 212 g/mol. The van der Waals surface area contributed by atoms with E-state index in [-0.39, 0.29) is 6.10 Å². The quantitative estimate of drug-likeness (QED) is 0.812. The monoisotopic (exact) mass is 228 g/mol. The Balaban J connectivity index is 1.99. The molecule has 1 fully saturated rings.